The topological polar surface area (TPSA) is 24.5 Å². The van der Waals surface area contributed by atoms with Gasteiger partial charge in [0.1, 0.15) is 0 Å². The molecule has 1 heterocycles. The molecule has 0 bridgehead atoms. The highest BCUT2D eigenvalue weighted by Crippen LogP contribution is 1.89. The molecule has 1 saturated heterocycles. The van der Waals surface area contributed by atoms with Crippen LogP contribution in [0.25, 0.3) is 0 Å². The molecule has 1 rings (SSSR count). The Morgan fingerprint density at radius 2 is 2.07 bits per heavy atom. The van der Waals surface area contributed by atoms with Crippen molar-refractivity contribution in [3.05, 3.63) is 0 Å². The first-order chi connectivity index (χ1) is 6.93. The van der Waals surface area contributed by atoms with Gasteiger partial charge in [0, 0.05) is 39.2 Å². The van der Waals surface area contributed by atoms with E-state index in [-0.39, 0.29) is 0 Å². The van der Waals surface area contributed by atoms with E-state index in [9.17, 15) is 0 Å². The molecule has 0 amide bonds. The number of hydrogen-bond donors (Lipinski definition) is 1. The molecule has 1 aliphatic rings. The minimum atomic E-state index is 0.769. The molecule has 80 valence electrons. The summed E-state index contributed by atoms with van der Waals surface area (Å²) in [4.78, 5) is 2.38. The summed E-state index contributed by atoms with van der Waals surface area (Å²) in [6.45, 7) is 8.92. The Labute approximate surface area is 86.8 Å². The van der Waals surface area contributed by atoms with E-state index in [0.29, 0.717) is 0 Å². The van der Waals surface area contributed by atoms with Gasteiger partial charge in [0.15, 0.2) is 0 Å². The average molecular weight is 196 g/mol. The van der Waals surface area contributed by atoms with Crippen molar-refractivity contribution in [1.29, 1.82) is 0 Å². The maximum Gasteiger partial charge on any atom is 0.0602 e. The predicted molar refractivity (Wildman–Crippen MR) is 58.2 cm³/mol. The van der Waals surface area contributed by atoms with E-state index in [1.54, 1.807) is 0 Å². The lowest BCUT2D eigenvalue weighted by molar-refractivity contribution is 0.154. The van der Waals surface area contributed by atoms with Crippen molar-refractivity contribution >= 4 is 0 Å². The molecule has 3 nitrogen and oxygen atoms in total. The van der Waals surface area contributed by atoms with E-state index in [2.05, 4.69) is 22.1 Å². The highest BCUT2D eigenvalue weighted by molar-refractivity contribution is 5.01. The molecule has 1 aliphatic heterocycles. The average Bonchev–Trinajstić information content (AvgIpc) is 2.25. The van der Waals surface area contributed by atoms with Crippen molar-refractivity contribution in [3.8, 4) is 11.8 Å². The zero-order chi connectivity index (χ0) is 10.1. The zero-order valence-corrected chi connectivity index (χ0v) is 9.01. The van der Waals surface area contributed by atoms with Gasteiger partial charge in [0.25, 0.3) is 0 Å². The van der Waals surface area contributed by atoms with E-state index in [0.717, 1.165) is 52.4 Å². The van der Waals surface area contributed by atoms with Gasteiger partial charge in [-0.25, -0.2) is 0 Å². The van der Waals surface area contributed by atoms with E-state index in [1.807, 2.05) is 6.92 Å². The van der Waals surface area contributed by atoms with Gasteiger partial charge in [-0.1, -0.05) is 11.8 Å². The van der Waals surface area contributed by atoms with Crippen LogP contribution in [0.15, 0.2) is 0 Å². The number of ether oxygens (including phenoxy) is 1. The second-order valence-electron chi connectivity index (χ2n) is 3.33. The van der Waals surface area contributed by atoms with Crippen LogP contribution in [0.1, 0.15) is 13.3 Å². The summed E-state index contributed by atoms with van der Waals surface area (Å²) in [5, 5.41) is 3.32. The summed E-state index contributed by atoms with van der Waals surface area (Å²) in [5.74, 6) is 6.31. The lowest BCUT2D eigenvalue weighted by Crippen LogP contribution is -2.43. The van der Waals surface area contributed by atoms with Crippen molar-refractivity contribution in [1.82, 2.24) is 10.2 Å². The number of hydrogen-bond acceptors (Lipinski definition) is 3. The lowest BCUT2D eigenvalue weighted by Gasteiger charge is -2.24. The van der Waals surface area contributed by atoms with E-state index < -0.39 is 0 Å². The Morgan fingerprint density at radius 3 is 2.79 bits per heavy atom. The van der Waals surface area contributed by atoms with Crippen LogP contribution in [0.5, 0.6) is 0 Å². The van der Waals surface area contributed by atoms with Crippen LogP contribution in [0.2, 0.25) is 0 Å². The Balaban J connectivity index is 2.00. The van der Waals surface area contributed by atoms with Crippen LogP contribution in [-0.2, 0) is 4.74 Å². The standard InChI is InChI=1S/C11H20N2O/c1-2-14-11-5-3-4-8-13-9-6-12-7-10-13/h12H,2,5-11H2,1H3. The molecule has 0 saturated carbocycles. The normalized spacial score (nSPS) is 17.5. The highest BCUT2D eigenvalue weighted by atomic mass is 16.5. The second kappa shape index (κ2) is 7.81. The third-order valence-corrected chi connectivity index (χ3v) is 2.21. The molecule has 3 heteroatoms. The predicted octanol–water partition coefficient (Wildman–Crippen LogP) is 0.322. The molecule has 0 radical (unpaired) electrons. The Bertz CT molecular complexity index is 189. The summed E-state index contributed by atoms with van der Waals surface area (Å²) >= 11 is 0. The van der Waals surface area contributed by atoms with Crippen LogP contribution in [0, 0.1) is 11.8 Å². The fraction of sp³-hybridized carbons (Fsp3) is 0.818. The van der Waals surface area contributed by atoms with Crippen molar-refractivity contribution < 1.29 is 4.74 Å². The van der Waals surface area contributed by atoms with Crippen molar-refractivity contribution in [2.75, 3.05) is 45.9 Å². The van der Waals surface area contributed by atoms with Gasteiger partial charge in [-0.2, -0.15) is 0 Å². The van der Waals surface area contributed by atoms with Gasteiger partial charge in [0.05, 0.1) is 13.2 Å². The maximum absolute atomic E-state index is 5.20. The Hall–Kier alpha value is -0.560. The minimum absolute atomic E-state index is 0.769. The van der Waals surface area contributed by atoms with Crippen molar-refractivity contribution in [3.63, 3.8) is 0 Å². The monoisotopic (exact) mass is 196 g/mol. The number of nitrogens with one attached hydrogen (secondary N) is 1. The van der Waals surface area contributed by atoms with Crippen LogP contribution < -0.4 is 5.32 Å². The first-order valence-electron chi connectivity index (χ1n) is 5.40. The van der Waals surface area contributed by atoms with Gasteiger partial charge in [0.2, 0.25) is 0 Å². The van der Waals surface area contributed by atoms with Gasteiger partial charge < -0.3 is 10.1 Å². The fourth-order valence-corrected chi connectivity index (χ4v) is 1.39. The Kier molecular flexibility index (Phi) is 6.42. The van der Waals surface area contributed by atoms with Crippen LogP contribution in [0.4, 0.5) is 0 Å². The third kappa shape index (κ3) is 5.23. The molecular weight excluding hydrogens is 176 g/mol. The zero-order valence-electron chi connectivity index (χ0n) is 9.01. The quantitative estimate of drug-likeness (QED) is 0.518. The van der Waals surface area contributed by atoms with Gasteiger partial charge in [-0.05, 0) is 6.92 Å². The molecule has 14 heavy (non-hydrogen) atoms. The maximum atomic E-state index is 5.20. The van der Waals surface area contributed by atoms with Gasteiger partial charge in [-0.15, -0.1) is 0 Å². The van der Waals surface area contributed by atoms with E-state index in [4.69, 9.17) is 4.74 Å². The van der Waals surface area contributed by atoms with Crippen LogP contribution in [0.3, 0.4) is 0 Å². The summed E-state index contributed by atoms with van der Waals surface area (Å²) < 4.78 is 5.20. The third-order valence-electron chi connectivity index (χ3n) is 2.21. The van der Waals surface area contributed by atoms with Crippen LogP contribution in [-0.4, -0.2) is 50.8 Å². The van der Waals surface area contributed by atoms with Crippen molar-refractivity contribution in [2.45, 2.75) is 13.3 Å². The molecule has 0 atom stereocenters. The molecule has 0 aromatic carbocycles. The number of piperazine rings is 1. The van der Waals surface area contributed by atoms with E-state index in [1.165, 1.54) is 0 Å². The van der Waals surface area contributed by atoms with E-state index >= 15 is 0 Å². The number of rotatable bonds is 4. The summed E-state index contributed by atoms with van der Waals surface area (Å²) in [6.07, 6.45) is 0.861. The first kappa shape index (κ1) is 11.5. The molecule has 0 spiro atoms. The summed E-state index contributed by atoms with van der Waals surface area (Å²) in [7, 11) is 0. The Morgan fingerprint density at radius 1 is 1.29 bits per heavy atom. The smallest absolute Gasteiger partial charge is 0.0602 e. The SMILES string of the molecule is CCOCCC#CCN1CCNCC1. The minimum Gasteiger partial charge on any atom is -0.381 e. The molecule has 0 aromatic rings. The second-order valence-corrected chi connectivity index (χ2v) is 3.33. The van der Waals surface area contributed by atoms with Gasteiger partial charge in [-0.3, -0.25) is 4.90 Å². The van der Waals surface area contributed by atoms with Crippen molar-refractivity contribution in [2.24, 2.45) is 0 Å². The van der Waals surface area contributed by atoms with Gasteiger partial charge >= 0.3 is 0 Å². The molecular formula is C11H20N2O. The molecule has 0 aliphatic carbocycles. The molecule has 1 fully saturated rings. The summed E-state index contributed by atoms with van der Waals surface area (Å²) in [5.41, 5.74) is 0. The molecule has 1 N–H and O–H groups in total. The van der Waals surface area contributed by atoms with Crippen LogP contribution >= 0.6 is 0 Å². The summed E-state index contributed by atoms with van der Waals surface area (Å²) in [6, 6.07) is 0. The number of nitrogens with zero attached hydrogens (tertiary/aromatic N) is 1. The largest absolute Gasteiger partial charge is 0.381 e. The highest BCUT2D eigenvalue weighted by Gasteiger charge is 2.06. The molecule has 0 aromatic heterocycles. The fourth-order valence-electron chi connectivity index (χ4n) is 1.39. The first-order valence-corrected chi connectivity index (χ1v) is 5.40. The lowest BCUT2D eigenvalue weighted by atomic mass is 10.3. The molecule has 0 unspecified atom stereocenters.